The van der Waals surface area contributed by atoms with Crippen LogP contribution in [0.2, 0.25) is 0 Å². The molecule has 2 aromatic carbocycles. The molecule has 0 aliphatic carbocycles. The van der Waals surface area contributed by atoms with Crippen molar-refractivity contribution in [2.24, 2.45) is 0 Å². The van der Waals surface area contributed by atoms with Crippen LogP contribution in [0.25, 0.3) is 10.9 Å². The fourth-order valence-corrected chi connectivity index (χ4v) is 2.52. The normalized spacial score (nSPS) is 10.7. The highest BCUT2D eigenvalue weighted by Crippen LogP contribution is 2.22. The molecule has 0 aliphatic heterocycles. The highest BCUT2D eigenvalue weighted by molar-refractivity contribution is 6.03. The minimum absolute atomic E-state index is 0.0862. The maximum absolute atomic E-state index is 12.7. The van der Waals surface area contributed by atoms with Crippen LogP contribution in [0.1, 0.15) is 29.8 Å². The van der Waals surface area contributed by atoms with Gasteiger partial charge in [0, 0.05) is 17.1 Å². The van der Waals surface area contributed by atoms with Crippen LogP contribution in [-0.2, 0) is 0 Å². The van der Waals surface area contributed by atoms with Crippen LogP contribution in [0, 0.1) is 11.3 Å². The summed E-state index contributed by atoms with van der Waals surface area (Å²) in [5.74, 6) is 0.561. The number of rotatable bonds is 3. The van der Waals surface area contributed by atoms with Crippen molar-refractivity contribution in [1.29, 1.82) is 5.26 Å². The van der Waals surface area contributed by atoms with Gasteiger partial charge in [0.05, 0.1) is 17.2 Å². The summed E-state index contributed by atoms with van der Waals surface area (Å²) < 4.78 is 7.11. The van der Waals surface area contributed by atoms with Crippen molar-refractivity contribution in [2.75, 3.05) is 0 Å². The number of aromatic nitrogens is 1. The first-order valence-corrected chi connectivity index (χ1v) is 7.42. The van der Waals surface area contributed by atoms with Crippen molar-refractivity contribution in [3.63, 3.8) is 0 Å². The molecule has 114 valence electrons. The van der Waals surface area contributed by atoms with Gasteiger partial charge >= 0.3 is 0 Å². The Hall–Kier alpha value is -3.06. The number of carbonyl (C=O) groups excluding carboxylic acids is 1. The molecule has 0 amide bonds. The molecule has 0 spiro atoms. The Balaban J connectivity index is 1.99. The van der Waals surface area contributed by atoms with Crippen LogP contribution < -0.4 is 4.74 Å². The quantitative estimate of drug-likeness (QED) is 0.735. The minimum atomic E-state index is -0.168. The summed E-state index contributed by atoms with van der Waals surface area (Å²) in [7, 11) is 0. The van der Waals surface area contributed by atoms with Crippen molar-refractivity contribution in [3.05, 3.63) is 65.9 Å². The molecule has 0 bridgehead atoms. The number of para-hydroxylation sites is 1. The van der Waals surface area contributed by atoms with Gasteiger partial charge in [-0.2, -0.15) is 5.26 Å². The zero-order valence-electron chi connectivity index (χ0n) is 13.0. The molecule has 3 aromatic rings. The van der Waals surface area contributed by atoms with Gasteiger partial charge in [-0.3, -0.25) is 9.36 Å². The lowest BCUT2D eigenvalue weighted by Gasteiger charge is -2.10. The fraction of sp³-hybridized carbons (Fsp3) is 0.158. The lowest BCUT2D eigenvalue weighted by Crippen LogP contribution is -2.11. The van der Waals surface area contributed by atoms with E-state index in [4.69, 9.17) is 4.74 Å². The molecule has 0 aliphatic rings. The summed E-state index contributed by atoms with van der Waals surface area (Å²) in [6.45, 7) is 3.91. The maximum atomic E-state index is 12.7. The molecule has 3 rings (SSSR count). The molecular weight excluding hydrogens is 288 g/mol. The third-order valence-corrected chi connectivity index (χ3v) is 3.52. The standard InChI is InChI=1S/C19H16N2O2/c1-13(2)23-16-9-7-14(8-10-16)19(22)21-12-15(11-20)17-5-3-4-6-18(17)21/h3-10,12-13H,1-2H3. The molecule has 23 heavy (non-hydrogen) atoms. The summed E-state index contributed by atoms with van der Waals surface area (Å²) >= 11 is 0. The Morgan fingerprint density at radius 2 is 1.83 bits per heavy atom. The number of ether oxygens (including phenoxy) is 1. The second-order valence-corrected chi connectivity index (χ2v) is 5.54. The number of nitriles is 1. The topological polar surface area (TPSA) is 55.0 Å². The molecule has 1 aromatic heterocycles. The van der Waals surface area contributed by atoms with E-state index in [0.29, 0.717) is 11.1 Å². The summed E-state index contributed by atoms with van der Waals surface area (Å²) in [5.41, 5.74) is 1.77. The van der Waals surface area contributed by atoms with Crippen molar-refractivity contribution in [2.45, 2.75) is 20.0 Å². The Kier molecular flexibility index (Phi) is 3.86. The Labute approximate surface area is 134 Å². The van der Waals surface area contributed by atoms with E-state index in [9.17, 15) is 10.1 Å². The van der Waals surface area contributed by atoms with Gasteiger partial charge in [-0.05, 0) is 44.2 Å². The fourth-order valence-electron chi connectivity index (χ4n) is 2.52. The van der Waals surface area contributed by atoms with Gasteiger partial charge in [-0.1, -0.05) is 18.2 Å². The van der Waals surface area contributed by atoms with E-state index in [0.717, 1.165) is 16.7 Å². The second-order valence-electron chi connectivity index (χ2n) is 5.54. The molecule has 4 heteroatoms. The van der Waals surface area contributed by atoms with Crippen molar-refractivity contribution < 1.29 is 9.53 Å². The van der Waals surface area contributed by atoms with Crippen LogP contribution in [0.5, 0.6) is 5.75 Å². The minimum Gasteiger partial charge on any atom is -0.491 e. The molecule has 0 fully saturated rings. The molecule has 0 atom stereocenters. The number of carbonyl (C=O) groups is 1. The Bertz CT molecular complexity index is 899. The zero-order valence-corrected chi connectivity index (χ0v) is 13.0. The average molecular weight is 304 g/mol. The van der Waals surface area contributed by atoms with Crippen molar-refractivity contribution in [3.8, 4) is 11.8 Å². The highest BCUT2D eigenvalue weighted by Gasteiger charge is 2.15. The highest BCUT2D eigenvalue weighted by atomic mass is 16.5. The van der Waals surface area contributed by atoms with E-state index >= 15 is 0 Å². The lowest BCUT2D eigenvalue weighted by atomic mass is 10.2. The largest absolute Gasteiger partial charge is 0.491 e. The van der Waals surface area contributed by atoms with E-state index in [2.05, 4.69) is 6.07 Å². The summed E-state index contributed by atoms with van der Waals surface area (Å²) in [4.78, 5) is 12.7. The predicted octanol–water partition coefficient (Wildman–Crippen LogP) is 3.99. The molecule has 0 N–H and O–H groups in total. The van der Waals surface area contributed by atoms with E-state index in [-0.39, 0.29) is 12.0 Å². The van der Waals surface area contributed by atoms with Gasteiger partial charge in [0.25, 0.3) is 5.91 Å². The van der Waals surface area contributed by atoms with Crippen LogP contribution in [0.15, 0.2) is 54.7 Å². The predicted molar refractivity (Wildman–Crippen MR) is 88.6 cm³/mol. The number of hydrogen-bond acceptors (Lipinski definition) is 3. The third kappa shape index (κ3) is 2.82. The van der Waals surface area contributed by atoms with Gasteiger partial charge in [-0.25, -0.2) is 0 Å². The van der Waals surface area contributed by atoms with Gasteiger partial charge in [-0.15, -0.1) is 0 Å². The smallest absolute Gasteiger partial charge is 0.262 e. The van der Waals surface area contributed by atoms with Crippen LogP contribution in [0.4, 0.5) is 0 Å². The van der Waals surface area contributed by atoms with Gasteiger partial charge in [0.15, 0.2) is 0 Å². The van der Waals surface area contributed by atoms with Gasteiger partial charge in [0.1, 0.15) is 11.8 Å². The molecule has 1 heterocycles. The van der Waals surface area contributed by atoms with E-state index in [1.54, 1.807) is 30.5 Å². The Morgan fingerprint density at radius 1 is 1.13 bits per heavy atom. The first kappa shape index (κ1) is 14.9. The molecule has 0 saturated heterocycles. The molecule has 0 radical (unpaired) electrons. The number of benzene rings is 2. The average Bonchev–Trinajstić information content (AvgIpc) is 2.93. The van der Waals surface area contributed by atoms with Crippen molar-refractivity contribution >= 4 is 16.8 Å². The van der Waals surface area contributed by atoms with Gasteiger partial charge in [0.2, 0.25) is 0 Å². The zero-order chi connectivity index (χ0) is 16.4. The summed E-state index contributed by atoms with van der Waals surface area (Å²) in [5, 5.41) is 10.0. The first-order valence-electron chi connectivity index (χ1n) is 7.42. The molecule has 4 nitrogen and oxygen atoms in total. The van der Waals surface area contributed by atoms with E-state index in [1.807, 2.05) is 38.1 Å². The first-order chi connectivity index (χ1) is 11.1. The molecular formula is C19H16N2O2. The third-order valence-electron chi connectivity index (χ3n) is 3.52. The second kappa shape index (κ2) is 5.98. The summed E-state index contributed by atoms with van der Waals surface area (Å²) in [6.07, 6.45) is 1.68. The monoisotopic (exact) mass is 304 g/mol. The number of nitrogens with zero attached hydrogens (tertiary/aromatic N) is 2. The van der Waals surface area contributed by atoms with E-state index < -0.39 is 0 Å². The van der Waals surface area contributed by atoms with E-state index in [1.165, 1.54) is 4.57 Å². The van der Waals surface area contributed by atoms with Crippen LogP contribution >= 0.6 is 0 Å². The van der Waals surface area contributed by atoms with Gasteiger partial charge < -0.3 is 4.74 Å². The molecule has 0 unspecified atom stereocenters. The van der Waals surface area contributed by atoms with Crippen LogP contribution in [0.3, 0.4) is 0 Å². The lowest BCUT2D eigenvalue weighted by molar-refractivity contribution is 0.0965. The van der Waals surface area contributed by atoms with Crippen LogP contribution in [-0.4, -0.2) is 16.6 Å². The number of hydrogen-bond donors (Lipinski definition) is 0. The maximum Gasteiger partial charge on any atom is 0.262 e. The number of fused-ring (bicyclic) bond motifs is 1. The Morgan fingerprint density at radius 3 is 2.48 bits per heavy atom. The molecule has 0 saturated carbocycles. The van der Waals surface area contributed by atoms with Crippen molar-refractivity contribution in [1.82, 2.24) is 4.57 Å². The SMILES string of the molecule is CC(C)Oc1ccc(C(=O)n2cc(C#N)c3ccccc32)cc1. The summed E-state index contributed by atoms with van der Waals surface area (Å²) in [6, 6.07) is 16.6.